The molecule has 4 nitrogen and oxygen atoms in total. The largest absolute Gasteiger partial charge is 0.486 e. The first-order valence-corrected chi connectivity index (χ1v) is 10.5. The predicted molar refractivity (Wildman–Crippen MR) is 119 cm³/mol. The first-order valence-electron chi connectivity index (χ1n) is 9.56. The minimum atomic E-state index is 0.374. The monoisotopic (exact) mass is 401 g/mol. The number of benzene rings is 3. The molecule has 146 valence electrons. The number of aryl methyl sites for hydroxylation is 1. The van der Waals surface area contributed by atoms with Crippen LogP contribution >= 0.6 is 11.8 Å². The van der Waals surface area contributed by atoms with E-state index in [0.29, 0.717) is 13.2 Å². The summed E-state index contributed by atoms with van der Waals surface area (Å²) in [5.41, 5.74) is 2.46. The van der Waals surface area contributed by atoms with Crippen molar-refractivity contribution in [3.05, 3.63) is 96.3 Å². The molecule has 0 fully saturated rings. The summed E-state index contributed by atoms with van der Waals surface area (Å²) in [6, 6.07) is 22.9. The fourth-order valence-electron chi connectivity index (χ4n) is 3.26. The quantitative estimate of drug-likeness (QED) is 0.276. The van der Waals surface area contributed by atoms with Gasteiger partial charge in [0.25, 0.3) is 0 Å². The molecule has 0 radical (unpaired) electrons. The maximum absolute atomic E-state index is 5.93. The van der Waals surface area contributed by atoms with Crippen LogP contribution in [0.15, 0.2) is 84.5 Å². The molecular formula is C24H23N3OS. The van der Waals surface area contributed by atoms with Gasteiger partial charge in [0.2, 0.25) is 0 Å². The lowest BCUT2D eigenvalue weighted by Crippen LogP contribution is -2.07. The molecule has 3 aromatic carbocycles. The minimum absolute atomic E-state index is 0.374. The van der Waals surface area contributed by atoms with E-state index < -0.39 is 0 Å². The summed E-state index contributed by atoms with van der Waals surface area (Å²) in [5, 5.41) is 12.2. The maximum Gasteiger partial charge on any atom is 0.191 e. The van der Waals surface area contributed by atoms with E-state index in [9.17, 15) is 0 Å². The van der Waals surface area contributed by atoms with Crippen LogP contribution in [0.25, 0.3) is 10.8 Å². The van der Waals surface area contributed by atoms with Gasteiger partial charge < -0.3 is 4.74 Å². The number of ether oxygens (including phenoxy) is 1. The first-order chi connectivity index (χ1) is 14.2. The number of hydrogen-bond acceptors (Lipinski definition) is 4. The molecule has 4 aromatic rings. The number of fused-ring (bicyclic) bond motifs is 1. The van der Waals surface area contributed by atoms with Crippen LogP contribution in [0.5, 0.6) is 5.75 Å². The summed E-state index contributed by atoms with van der Waals surface area (Å²) in [6.07, 6.45) is 1.86. The second-order valence-corrected chi connectivity index (χ2v) is 7.77. The Kier molecular flexibility index (Phi) is 5.96. The van der Waals surface area contributed by atoms with Gasteiger partial charge >= 0.3 is 0 Å². The van der Waals surface area contributed by atoms with Gasteiger partial charge in [-0.1, -0.05) is 72.4 Å². The van der Waals surface area contributed by atoms with Gasteiger partial charge in [-0.2, -0.15) is 0 Å². The van der Waals surface area contributed by atoms with Gasteiger partial charge in [0.05, 0.1) is 0 Å². The van der Waals surface area contributed by atoms with Crippen molar-refractivity contribution in [1.82, 2.24) is 14.8 Å². The molecule has 0 atom stereocenters. The number of nitrogens with zero attached hydrogens (tertiary/aromatic N) is 3. The van der Waals surface area contributed by atoms with E-state index >= 15 is 0 Å². The molecule has 29 heavy (non-hydrogen) atoms. The van der Waals surface area contributed by atoms with Gasteiger partial charge in [0, 0.05) is 12.3 Å². The lowest BCUT2D eigenvalue weighted by molar-refractivity contribution is 0.289. The second kappa shape index (κ2) is 8.97. The maximum atomic E-state index is 5.93. The fourth-order valence-corrected chi connectivity index (χ4v) is 4.23. The zero-order chi connectivity index (χ0) is 20.1. The number of rotatable bonds is 8. The van der Waals surface area contributed by atoms with Crippen molar-refractivity contribution >= 4 is 22.5 Å². The highest BCUT2D eigenvalue weighted by Crippen LogP contribution is 2.27. The topological polar surface area (TPSA) is 39.9 Å². The summed E-state index contributed by atoms with van der Waals surface area (Å²) in [6.45, 7) is 6.96. The molecule has 0 bridgehead atoms. The smallest absolute Gasteiger partial charge is 0.191 e. The van der Waals surface area contributed by atoms with Gasteiger partial charge in [-0.05, 0) is 41.0 Å². The van der Waals surface area contributed by atoms with Crippen molar-refractivity contribution < 1.29 is 4.74 Å². The van der Waals surface area contributed by atoms with E-state index in [1.54, 1.807) is 11.8 Å². The lowest BCUT2D eigenvalue weighted by Gasteiger charge is -2.10. The Morgan fingerprint density at radius 2 is 1.86 bits per heavy atom. The van der Waals surface area contributed by atoms with Gasteiger partial charge in [-0.15, -0.1) is 16.8 Å². The van der Waals surface area contributed by atoms with Crippen LogP contribution in [0.1, 0.15) is 17.0 Å². The zero-order valence-corrected chi connectivity index (χ0v) is 17.2. The van der Waals surface area contributed by atoms with Crippen LogP contribution in [0.2, 0.25) is 0 Å². The van der Waals surface area contributed by atoms with Crippen LogP contribution < -0.4 is 4.74 Å². The molecule has 0 aliphatic carbocycles. The average Bonchev–Trinajstić information content (AvgIpc) is 3.12. The van der Waals surface area contributed by atoms with E-state index in [1.807, 2.05) is 24.3 Å². The van der Waals surface area contributed by atoms with Crippen molar-refractivity contribution in [2.24, 2.45) is 0 Å². The summed E-state index contributed by atoms with van der Waals surface area (Å²) in [7, 11) is 0. The Morgan fingerprint density at radius 3 is 2.72 bits per heavy atom. The molecule has 0 saturated carbocycles. The van der Waals surface area contributed by atoms with Crippen molar-refractivity contribution in [1.29, 1.82) is 0 Å². The molecule has 4 rings (SSSR count). The van der Waals surface area contributed by atoms with Gasteiger partial charge in [-0.3, -0.25) is 4.57 Å². The van der Waals surface area contributed by atoms with Crippen LogP contribution in [0.3, 0.4) is 0 Å². The third-order valence-electron chi connectivity index (χ3n) is 4.70. The molecule has 0 saturated heterocycles. The molecular weight excluding hydrogens is 378 g/mol. The highest BCUT2D eigenvalue weighted by atomic mass is 32.2. The van der Waals surface area contributed by atoms with Crippen LogP contribution in [-0.2, 0) is 18.9 Å². The second-order valence-electron chi connectivity index (χ2n) is 6.83. The summed E-state index contributed by atoms with van der Waals surface area (Å²) in [4.78, 5) is 0. The summed E-state index contributed by atoms with van der Waals surface area (Å²) >= 11 is 1.69. The normalized spacial score (nSPS) is 10.9. The van der Waals surface area contributed by atoms with Crippen molar-refractivity contribution in [2.45, 2.75) is 31.0 Å². The number of thioether (sulfide) groups is 1. The van der Waals surface area contributed by atoms with Crippen LogP contribution in [0, 0.1) is 6.92 Å². The Labute approximate surface area is 175 Å². The first kappa shape index (κ1) is 19.3. The number of allylic oxidation sites excluding steroid dienone is 1. The molecule has 5 heteroatoms. The van der Waals surface area contributed by atoms with E-state index in [-0.39, 0.29) is 0 Å². The molecule has 0 amide bonds. The zero-order valence-electron chi connectivity index (χ0n) is 16.4. The van der Waals surface area contributed by atoms with Gasteiger partial charge in [-0.25, -0.2) is 0 Å². The molecule has 0 N–H and O–H groups in total. The van der Waals surface area contributed by atoms with E-state index in [1.165, 1.54) is 21.9 Å². The van der Waals surface area contributed by atoms with Crippen LogP contribution in [-0.4, -0.2) is 14.8 Å². The van der Waals surface area contributed by atoms with Gasteiger partial charge in [0.1, 0.15) is 12.4 Å². The Bertz CT molecular complexity index is 1130. The highest BCUT2D eigenvalue weighted by molar-refractivity contribution is 7.98. The predicted octanol–water partition coefficient (Wildman–Crippen LogP) is 5.80. The van der Waals surface area contributed by atoms with E-state index in [2.05, 4.69) is 76.8 Å². The molecule has 1 aromatic heterocycles. The van der Waals surface area contributed by atoms with E-state index in [4.69, 9.17) is 4.74 Å². The molecule has 1 heterocycles. The minimum Gasteiger partial charge on any atom is -0.486 e. The molecule has 0 spiro atoms. The SMILES string of the molecule is C=CCn1c(COc2cccc(C)c2)nnc1SCc1cccc2ccccc12. The Morgan fingerprint density at radius 1 is 1.03 bits per heavy atom. The number of aromatic nitrogens is 3. The number of hydrogen-bond donors (Lipinski definition) is 0. The van der Waals surface area contributed by atoms with Gasteiger partial charge in [0.15, 0.2) is 11.0 Å². The van der Waals surface area contributed by atoms with Crippen molar-refractivity contribution in [3.8, 4) is 5.75 Å². The van der Waals surface area contributed by atoms with Crippen molar-refractivity contribution in [2.75, 3.05) is 0 Å². The summed E-state index contributed by atoms with van der Waals surface area (Å²) < 4.78 is 7.99. The fraction of sp³-hybridized carbons (Fsp3) is 0.167. The third-order valence-corrected chi connectivity index (χ3v) is 5.71. The summed E-state index contributed by atoms with van der Waals surface area (Å²) in [5.74, 6) is 2.46. The third kappa shape index (κ3) is 4.51. The standard InChI is InChI=1S/C24H23N3OS/c1-3-14-27-23(16-28-21-12-6-8-18(2)15-21)25-26-24(27)29-17-20-11-7-10-19-9-4-5-13-22(19)20/h3-13,15H,1,14,16-17H2,2H3. The molecule has 0 unspecified atom stereocenters. The van der Waals surface area contributed by atoms with Crippen molar-refractivity contribution in [3.63, 3.8) is 0 Å². The molecule has 0 aliphatic heterocycles. The Hall–Kier alpha value is -3.05. The molecule has 0 aliphatic rings. The average molecular weight is 402 g/mol. The lowest BCUT2D eigenvalue weighted by atomic mass is 10.1. The highest BCUT2D eigenvalue weighted by Gasteiger charge is 2.13. The van der Waals surface area contributed by atoms with Crippen LogP contribution in [0.4, 0.5) is 0 Å². The Balaban J connectivity index is 1.51. The van der Waals surface area contributed by atoms with E-state index in [0.717, 1.165) is 22.5 Å².